The van der Waals surface area contributed by atoms with Crippen molar-refractivity contribution in [2.75, 3.05) is 13.1 Å². The fourth-order valence-electron chi connectivity index (χ4n) is 1.27. The lowest BCUT2D eigenvalue weighted by molar-refractivity contribution is -0.159. The molecule has 0 radical (unpaired) electrons. The lowest BCUT2D eigenvalue weighted by Gasteiger charge is -1.93. The number of carboxylic acid groups (broad SMARTS) is 2. The van der Waals surface area contributed by atoms with Crippen LogP contribution >= 0.6 is 0 Å². The lowest BCUT2D eigenvalue weighted by Crippen LogP contribution is -2.15. The van der Waals surface area contributed by atoms with E-state index in [4.69, 9.17) is 19.8 Å². The summed E-state index contributed by atoms with van der Waals surface area (Å²) in [6.07, 6.45) is 4.08. The van der Waals surface area contributed by atoms with E-state index in [9.17, 15) is 0 Å². The van der Waals surface area contributed by atoms with E-state index in [0.717, 1.165) is 18.9 Å². The van der Waals surface area contributed by atoms with E-state index in [-0.39, 0.29) is 0 Å². The van der Waals surface area contributed by atoms with Crippen LogP contribution in [0.4, 0.5) is 0 Å². The zero-order valence-corrected chi connectivity index (χ0v) is 10.1. The Kier molecular flexibility index (Phi) is 5.81. The third-order valence-electron chi connectivity index (χ3n) is 2.12. The van der Waals surface area contributed by atoms with Crippen molar-refractivity contribution in [2.24, 2.45) is 4.99 Å². The Bertz CT molecular complexity index is 483. The molecule has 0 fully saturated rings. The van der Waals surface area contributed by atoms with Gasteiger partial charge in [0.25, 0.3) is 0 Å². The van der Waals surface area contributed by atoms with Gasteiger partial charge in [-0.2, -0.15) is 0 Å². The summed E-state index contributed by atoms with van der Waals surface area (Å²) in [5.74, 6) is -2.66. The molecule has 6 nitrogen and oxygen atoms in total. The van der Waals surface area contributed by atoms with Gasteiger partial charge in [-0.15, -0.1) is 0 Å². The summed E-state index contributed by atoms with van der Waals surface area (Å²) in [5, 5.41) is 18.0. The Labute approximate surface area is 110 Å². The predicted molar refractivity (Wildman–Crippen MR) is 71.1 cm³/mol. The normalized spacial score (nSPS) is 13.2. The molecule has 0 aliphatic carbocycles. The second-order valence-electron chi connectivity index (χ2n) is 3.55. The Balaban J connectivity index is 0.000000258. The first-order valence-electron chi connectivity index (χ1n) is 5.57. The highest BCUT2D eigenvalue weighted by Gasteiger charge is 2.04. The summed E-state index contributed by atoms with van der Waals surface area (Å²) in [6.45, 7) is 1.86. The number of carbonyl (C=O) groups is 2. The number of aliphatic carboxylic acids is 2. The van der Waals surface area contributed by atoms with Crippen LogP contribution in [0.3, 0.4) is 0 Å². The zero-order valence-electron chi connectivity index (χ0n) is 10.1. The molecule has 0 amide bonds. The molecule has 0 atom stereocenters. The molecule has 1 aromatic carbocycles. The topological polar surface area (TPSA) is 99.0 Å². The summed E-state index contributed by atoms with van der Waals surface area (Å²) in [7, 11) is 0. The predicted octanol–water partition coefficient (Wildman–Crippen LogP) is 0.857. The average Bonchev–Trinajstić information content (AvgIpc) is 2.91. The van der Waals surface area contributed by atoms with Gasteiger partial charge in [0.15, 0.2) is 0 Å². The van der Waals surface area contributed by atoms with Crippen molar-refractivity contribution in [2.45, 2.75) is 0 Å². The number of nitrogens with zero attached hydrogens (tertiary/aromatic N) is 1. The standard InChI is InChI=1S/C11H12N2.C2H2O4/c1-2-4-10(5-3-1)6-7-11-12-8-9-13-11;3-1(4)2(5)6/h1-7H,8-9H2,(H,12,13);(H,3,4)(H,5,6)/b7-6+;. The number of hydrogen-bond acceptors (Lipinski definition) is 4. The van der Waals surface area contributed by atoms with E-state index in [2.05, 4.69) is 28.5 Å². The van der Waals surface area contributed by atoms with Crippen molar-refractivity contribution in [3.8, 4) is 0 Å². The van der Waals surface area contributed by atoms with Crippen LogP contribution in [0.5, 0.6) is 0 Å². The minimum atomic E-state index is -1.82. The first-order valence-corrected chi connectivity index (χ1v) is 5.57. The van der Waals surface area contributed by atoms with E-state index in [0.29, 0.717) is 0 Å². The van der Waals surface area contributed by atoms with Gasteiger partial charge < -0.3 is 15.5 Å². The average molecular weight is 262 g/mol. The van der Waals surface area contributed by atoms with Crippen LogP contribution in [-0.4, -0.2) is 41.1 Å². The second-order valence-corrected chi connectivity index (χ2v) is 3.55. The summed E-state index contributed by atoms with van der Waals surface area (Å²) < 4.78 is 0. The van der Waals surface area contributed by atoms with Crippen molar-refractivity contribution < 1.29 is 19.8 Å². The number of carboxylic acids is 2. The minimum Gasteiger partial charge on any atom is -0.473 e. The number of rotatable bonds is 2. The molecule has 0 saturated heterocycles. The Hall–Kier alpha value is -2.63. The molecular weight excluding hydrogens is 248 g/mol. The molecule has 0 unspecified atom stereocenters. The van der Waals surface area contributed by atoms with Crippen molar-refractivity contribution in [1.29, 1.82) is 0 Å². The molecular formula is C13H14N2O4. The van der Waals surface area contributed by atoms with Crippen molar-refractivity contribution >= 4 is 23.9 Å². The molecule has 0 bridgehead atoms. The van der Waals surface area contributed by atoms with Gasteiger partial charge in [-0.1, -0.05) is 36.4 Å². The molecule has 0 spiro atoms. The van der Waals surface area contributed by atoms with Gasteiger partial charge in [-0.25, -0.2) is 9.59 Å². The molecule has 3 N–H and O–H groups in total. The summed E-state index contributed by atoms with van der Waals surface area (Å²) >= 11 is 0. The summed E-state index contributed by atoms with van der Waals surface area (Å²) in [5.41, 5.74) is 1.21. The molecule has 1 aromatic rings. The van der Waals surface area contributed by atoms with Crippen LogP contribution in [-0.2, 0) is 9.59 Å². The number of amidine groups is 1. The number of benzene rings is 1. The first kappa shape index (κ1) is 14.4. The zero-order chi connectivity index (χ0) is 14.1. The van der Waals surface area contributed by atoms with Gasteiger partial charge in [0, 0.05) is 6.54 Å². The van der Waals surface area contributed by atoms with Crippen LogP contribution < -0.4 is 5.32 Å². The van der Waals surface area contributed by atoms with Gasteiger partial charge in [-0.05, 0) is 11.6 Å². The minimum absolute atomic E-state index is 0.897. The molecule has 0 aromatic heterocycles. The molecule has 19 heavy (non-hydrogen) atoms. The van der Waals surface area contributed by atoms with E-state index >= 15 is 0 Å². The van der Waals surface area contributed by atoms with Crippen LogP contribution in [0.2, 0.25) is 0 Å². The maximum Gasteiger partial charge on any atom is 0.414 e. The van der Waals surface area contributed by atoms with Crippen molar-refractivity contribution in [1.82, 2.24) is 5.32 Å². The highest BCUT2D eigenvalue weighted by molar-refractivity contribution is 6.27. The lowest BCUT2D eigenvalue weighted by atomic mass is 10.2. The molecule has 6 heteroatoms. The number of nitrogens with one attached hydrogen (secondary N) is 1. The molecule has 2 rings (SSSR count). The van der Waals surface area contributed by atoms with E-state index in [1.54, 1.807) is 0 Å². The van der Waals surface area contributed by atoms with E-state index in [1.807, 2.05) is 24.3 Å². The number of aliphatic imine (C=N–C) groups is 1. The van der Waals surface area contributed by atoms with Crippen LogP contribution in [0.15, 0.2) is 41.4 Å². The largest absolute Gasteiger partial charge is 0.473 e. The molecule has 1 heterocycles. The Morgan fingerprint density at radius 3 is 2.21 bits per heavy atom. The van der Waals surface area contributed by atoms with Crippen molar-refractivity contribution in [3.05, 3.63) is 42.0 Å². The number of hydrogen-bond donors (Lipinski definition) is 3. The SMILES string of the molecule is C(=C\c1ccccc1)/C1=NCCN1.O=C(O)C(=O)O. The van der Waals surface area contributed by atoms with Crippen LogP contribution in [0.25, 0.3) is 6.08 Å². The van der Waals surface area contributed by atoms with Crippen LogP contribution in [0.1, 0.15) is 5.56 Å². The summed E-state index contributed by atoms with van der Waals surface area (Å²) in [4.78, 5) is 22.5. The quantitative estimate of drug-likeness (QED) is 0.686. The third-order valence-corrected chi connectivity index (χ3v) is 2.12. The summed E-state index contributed by atoms with van der Waals surface area (Å²) in [6, 6.07) is 10.2. The van der Waals surface area contributed by atoms with Crippen LogP contribution in [0, 0.1) is 0 Å². The smallest absolute Gasteiger partial charge is 0.414 e. The molecule has 100 valence electrons. The van der Waals surface area contributed by atoms with Gasteiger partial charge in [0.05, 0.1) is 6.54 Å². The monoisotopic (exact) mass is 262 g/mol. The van der Waals surface area contributed by atoms with Crippen molar-refractivity contribution in [3.63, 3.8) is 0 Å². The van der Waals surface area contributed by atoms with E-state index < -0.39 is 11.9 Å². The van der Waals surface area contributed by atoms with Gasteiger partial charge in [-0.3, -0.25) is 4.99 Å². The third kappa shape index (κ3) is 6.02. The highest BCUT2D eigenvalue weighted by atomic mass is 16.4. The van der Waals surface area contributed by atoms with E-state index in [1.165, 1.54) is 5.56 Å². The molecule has 0 saturated carbocycles. The fourth-order valence-corrected chi connectivity index (χ4v) is 1.27. The fraction of sp³-hybridized carbons (Fsp3) is 0.154. The second kappa shape index (κ2) is 7.65. The highest BCUT2D eigenvalue weighted by Crippen LogP contribution is 2.01. The first-order chi connectivity index (χ1) is 9.09. The Morgan fingerprint density at radius 2 is 1.74 bits per heavy atom. The molecule has 1 aliphatic heterocycles. The van der Waals surface area contributed by atoms with Gasteiger partial charge in [0.1, 0.15) is 5.84 Å². The van der Waals surface area contributed by atoms with Gasteiger partial charge in [0.2, 0.25) is 0 Å². The molecule has 1 aliphatic rings. The Morgan fingerprint density at radius 1 is 1.11 bits per heavy atom. The maximum atomic E-state index is 9.10. The van der Waals surface area contributed by atoms with Gasteiger partial charge >= 0.3 is 11.9 Å². The maximum absolute atomic E-state index is 9.10.